The van der Waals surface area contributed by atoms with Crippen molar-refractivity contribution in [2.24, 2.45) is 4.99 Å². The Labute approximate surface area is 166 Å². The highest BCUT2D eigenvalue weighted by Crippen LogP contribution is 2.24. The van der Waals surface area contributed by atoms with Gasteiger partial charge in [-0.15, -0.1) is 10.2 Å². The molecule has 0 radical (unpaired) electrons. The summed E-state index contributed by atoms with van der Waals surface area (Å²) in [6, 6.07) is 5.55. The Morgan fingerprint density at radius 3 is 2.89 bits per heavy atom. The van der Waals surface area contributed by atoms with Gasteiger partial charge in [-0.1, -0.05) is 6.07 Å². The number of aromatic nitrogens is 3. The number of halogens is 1. The molecule has 0 aliphatic carbocycles. The lowest BCUT2D eigenvalue weighted by Crippen LogP contribution is -2.51. The normalized spacial score (nSPS) is 17.6. The second kappa shape index (κ2) is 10.1. The summed E-state index contributed by atoms with van der Waals surface area (Å²) in [6.07, 6.45) is 7.63. The van der Waals surface area contributed by atoms with E-state index in [0.717, 1.165) is 63.4 Å². The summed E-state index contributed by atoms with van der Waals surface area (Å²) < 4.78 is 16.2. The molecule has 2 aromatic rings. The third kappa shape index (κ3) is 5.68. The van der Waals surface area contributed by atoms with Gasteiger partial charge >= 0.3 is 0 Å². The van der Waals surface area contributed by atoms with E-state index in [1.54, 1.807) is 25.8 Å². The average Bonchev–Trinajstić information content (AvgIpc) is 3.22. The predicted molar refractivity (Wildman–Crippen MR) is 110 cm³/mol. The van der Waals surface area contributed by atoms with Gasteiger partial charge in [0, 0.05) is 39.3 Å². The van der Waals surface area contributed by atoms with Crippen LogP contribution >= 0.6 is 0 Å². The van der Waals surface area contributed by atoms with E-state index in [-0.39, 0.29) is 11.9 Å². The molecule has 1 atom stereocenters. The van der Waals surface area contributed by atoms with Crippen molar-refractivity contribution in [3.8, 4) is 0 Å². The molecule has 0 spiro atoms. The summed E-state index contributed by atoms with van der Waals surface area (Å²) in [7, 11) is 1.79. The number of nitrogens with one attached hydrogen (secondary N) is 2. The average molecular weight is 388 g/mol. The van der Waals surface area contributed by atoms with Gasteiger partial charge in [0.25, 0.3) is 0 Å². The van der Waals surface area contributed by atoms with Crippen molar-refractivity contribution >= 4 is 11.6 Å². The third-order valence-electron chi connectivity index (χ3n) is 5.03. The largest absolute Gasteiger partial charge is 0.367 e. The zero-order valence-electron chi connectivity index (χ0n) is 16.7. The van der Waals surface area contributed by atoms with E-state index in [4.69, 9.17) is 0 Å². The van der Waals surface area contributed by atoms with Gasteiger partial charge in [-0.3, -0.25) is 4.99 Å². The van der Waals surface area contributed by atoms with Crippen molar-refractivity contribution in [1.82, 2.24) is 25.4 Å². The molecule has 0 amide bonds. The van der Waals surface area contributed by atoms with Gasteiger partial charge in [0.2, 0.25) is 0 Å². The Kier molecular flexibility index (Phi) is 7.22. The Morgan fingerprint density at radius 2 is 2.11 bits per heavy atom. The van der Waals surface area contributed by atoms with Crippen molar-refractivity contribution < 1.29 is 4.39 Å². The smallest absolute Gasteiger partial charge is 0.191 e. The first-order valence-corrected chi connectivity index (χ1v) is 9.96. The van der Waals surface area contributed by atoms with Crippen LogP contribution in [0.25, 0.3) is 0 Å². The number of hydrogen-bond acceptors (Lipinski definition) is 4. The highest BCUT2D eigenvalue weighted by Gasteiger charge is 2.22. The topological polar surface area (TPSA) is 70.4 Å². The van der Waals surface area contributed by atoms with Gasteiger partial charge in [0.1, 0.15) is 18.5 Å². The fraction of sp³-hybridized carbons (Fsp3) is 0.550. The van der Waals surface area contributed by atoms with Gasteiger partial charge in [-0.05, 0) is 50.3 Å². The Morgan fingerprint density at radius 1 is 1.29 bits per heavy atom. The van der Waals surface area contributed by atoms with Gasteiger partial charge < -0.3 is 20.1 Å². The van der Waals surface area contributed by atoms with Crippen LogP contribution in [0.15, 0.2) is 35.8 Å². The van der Waals surface area contributed by atoms with E-state index in [9.17, 15) is 4.39 Å². The summed E-state index contributed by atoms with van der Waals surface area (Å²) >= 11 is 0. The van der Waals surface area contributed by atoms with Crippen LogP contribution in [0.5, 0.6) is 0 Å². The van der Waals surface area contributed by atoms with Gasteiger partial charge in [-0.2, -0.15) is 0 Å². The van der Waals surface area contributed by atoms with Gasteiger partial charge in [-0.25, -0.2) is 4.39 Å². The van der Waals surface area contributed by atoms with Crippen LogP contribution in [0.2, 0.25) is 0 Å². The minimum Gasteiger partial charge on any atom is -0.367 e. The molecule has 3 rings (SSSR count). The van der Waals surface area contributed by atoms with E-state index in [2.05, 4.69) is 30.7 Å². The minimum atomic E-state index is -0.151. The molecule has 2 heterocycles. The lowest BCUT2D eigenvalue weighted by Gasteiger charge is -2.35. The molecule has 1 saturated heterocycles. The van der Waals surface area contributed by atoms with Crippen LogP contribution in [0, 0.1) is 12.7 Å². The number of rotatable bonds is 7. The van der Waals surface area contributed by atoms with Gasteiger partial charge in [0.05, 0.1) is 5.69 Å². The molecule has 0 saturated carbocycles. The summed E-state index contributed by atoms with van der Waals surface area (Å²) in [5.74, 6) is 0.655. The quantitative estimate of drug-likeness (QED) is 0.434. The van der Waals surface area contributed by atoms with Crippen molar-refractivity contribution in [2.45, 2.75) is 45.2 Å². The number of guanidine groups is 1. The maximum Gasteiger partial charge on any atom is 0.191 e. The van der Waals surface area contributed by atoms with Crippen LogP contribution in [-0.4, -0.2) is 53.4 Å². The molecule has 2 N–H and O–H groups in total. The molecule has 1 fully saturated rings. The predicted octanol–water partition coefficient (Wildman–Crippen LogP) is 2.34. The molecule has 8 heteroatoms. The highest BCUT2D eigenvalue weighted by molar-refractivity contribution is 5.80. The number of unbranched alkanes of at least 4 members (excludes halogenated alkanes) is 1. The summed E-state index contributed by atoms with van der Waals surface area (Å²) in [5, 5.41) is 14.5. The second-order valence-corrected chi connectivity index (χ2v) is 7.29. The molecule has 1 aromatic heterocycles. The summed E-state index contributed by atoms with van der Waals surface area (Å²) in [6.45, 7) is 5.42. The van der Waals surface area contributed by atoms with Crippen LogP contribution in [-0.2, 0) is 6.54 Å². The highest BCUT2D eigenvalue weighted by atomic mass is 19.1. The number of aryl methyl sites for hydroxylation is 2. The number of nitrogens with zero attached hydrogens (tertiary/aromatic N) is 5. The van der Waals surface area contributed by atoms with Gasteiger partial charge in [0.15, 0.2) is 5.96 Å². The molecule has 1 aliphatic heterocycles. The molecular weight excluding hydrogens is 357 g/mol. The van der Waals surface area contributed by atoms with E-state index in [1.165, 1.54) is 0 Å². The Bertz CT molecular complexity index is 760. The number of anilines is 1. The van der Waals surface area contributed by atoms with Crippen LogP contribution < -0.4 is 15.5 Å². The molecule has 1 aliphatic rings. The minimum absolute atomic E-state index is 0.151. The van der Waals surface area contributed by atoms with Crippen molar-refractivity contribution in [3.05, 3.63) is 42.2 Å². The van der Waals surface area contributed by atoms with Crippen molar-refractivity contribution in [3.63, 3.8) is 0 Å². The SMILES string of the molecule is CN=C(NCCCCn1cnnc1)NC1CCCN(c2cc(C)ccc2F)C1. The van der Waals surface area contributed by atoms with Crippen LogP contribution in [0.4, 0.5) is 10.1 Å². The first-order valence-electron chi connectivity index (χ1n) is 9.96. The standard InChI is InChI=1S/C20H30FN7/c1-16-7-8-18(21)19(12-16)28-11-5-6-17(13-28)26-20(22-2)23-9-3-4-10-27-14-24-25-15-27/h7-8,12,14-15,17H,3-6,9-11,13H2,1-2H3,(H2,22,23,26). The Hall–Kier alpha value is -2.64. The van der Waals surface area contributed by atoms with E-state index in [0.29, 0.717) is 5.69 Å². The van der Waals surface area contributed by atoms with Crippen LogP contribution in [0.1, 0.15) is 31.2 Å². The lowest BCUT2D eigenvalue weighted by molar-refractivity contribution is 0.462. The second-order valence-electron chi connectivity index (χ2n) is 7.29. The fourth-order valence-corrected chi connectivity index (χ4v) is 3.53. The fourth-order valence-electron chi connectivity index (χ4n) is 3.53. The zero-order chi connectivity index (χ0) is 19.8. The molecule has 0 bridgehead atoms. The first-order chi connectivity index (χ1) is 13.7. The monoisotopic (exact) mass is 387 g/mol. The maximum atomic E-state index is 14.2. The molecule has 152 valence electrons. The number of piperidine rings is 1. The first kappa shape index (κ1) is 20.1. The third-order valence-corrected chi connectivity index (χ3v) is 5.03. The molecule has 1 aromatic carbocycles. The number of benzene rings is 1. The van der Waals surface area contributed by atoms with E-state index >= 15 is 0 Å². The van der Waals surface area contributed by atoms with Crippen molar-refractivity contribution in [2.75, 3.05) is 31.6 Å². The molecular formula is C20H30FN7. The van der Waals surface area contributed by atoms with Crippen molar-refractivity contribution in [1.29, 1.82) is 0 Å². The summed E-state index contributed by atoms with van der Waals surface area (Å²) in [5.41, 5.74) is 1.78. The maximum absolute atomic E-state index is 14.2. The lowest BCUT2D eigenvalue weighted by atomic mass is 10.0. The number of aliphatic imine (C=N–C) groups is 1. The molecule has 7 nitrogen and oxygen atoms in total. The Balaban J connectivity index is 1.44. The van der Waals surface area contributed by atoms with Crippen LogP contribution in [0.3, 0.4) is 0 Å². The zero-order valence-corrected chi connectivity index (χ0v) is 16.7. The summed E-state index contributed by atoms with van der Waals surface area (Å²) in [4.78, 5) is 6.47. The van der Waals surface area contributed by atoms with E-state index in [1.807, 2.05) is 23.6 Å². The molecule has 28 heavy (non-hydrogen) atoms. The van der Waals surface area contributed by atoms with E-state index < -0.39 is 0 Å². The molecule has 1 unspecified atom stereocenters. The number of hydrogen-bond donors (Lipinski definition) is 2.